The Bertz CT molecular complexity index is 548. The first kappa shape index (κ1) is 22.8. The summed E-state index contributed by atoms with van der Waals surface area (Å²) in [6.07, 6.45) is -4.77. The molecule has 0 bridgehead atoms. The van der Waals surface area contributed by atoms with Crippen LogP contribution in [0.15, 0.2) is 29.3 Å². The first-order chi connectivity index (χ1) is 10.5. The Morgan fingerprint density at radius 1 is 1.25 bits per heavy atom. The van der Waals surface area contributed by atoms with Crippen LogP contribution in [0, 0.1) is 5.41 Å². The molecule has 0 radical (unpaired) electrons. The number of rotatable bonds is 6. The zero-order valence-corrected chi connectivity index (χ0v) is 16.5. The molecular formula is C15H24F3IN4O. The second kappa shape index (κ2) is 9.30. The Morgan fingerprint density at radius 3 is 2.38 bits per heavy atom. The minimum atomic E-state index is -4.77. The van der Waals surface area contributed by atoms with E-state index in [1.807, 2.05) is 32.8 Å². The highest BCUT2D eigenvalue weighted by Crippen LogP contribution is 2.29. The minimum Gasteiger partial charge on any atom is -0.404 e. The van der Waals surface area contributed by atoms with Crippen molar-refractivity contribution in [1.82, 2.24) is 4.90 Å². The summed E-state index contributed by atoms with van der Waals surface area (Å²) < 4.78 is 41.1. The van der Waals surface area contributed by atoms with E-state index in [0.717, 1.165) is 6.54 Å². The molecule has 0 saturated heterocycles. The van der Waals surface area contributed by atoms with Crippen molar-refractivity contribution in [2.45, 2.75) is 20.2 Å². The average Bonchev–Trinajstić information content (AvgIpc) is 2.36. The van der Waals surface area contributed by atoms with Gasteiger partial charge in [-0.1, -0.05) is 26.0 Å². The maximum atomic E-state index is 12.4. The van der Waals surface area contributed by atoms with E-state index in [-0.39, 0.29) is 46.8 Å². The van der Waals surface area contributed by atoms with E-state index in [2.05, 4.69) is 15.0 Å². The average molecular weight is 460 g/mol. The van der Waals surface area contributed by atoms with Crippen LogP contribution >= 0.6 is 24.0 Å². The Hall–Kier alpha value is -1.23. The molecule has 0 aliphatic rings. The quantitative estimate of drug-likeness (QED) is 0.388. The van der Waals surface area contributed by atoms with Crippen molar-refractivity contribution in [1.29, 1.82) is 0 Å². The predicted octanol–water partition coefficient (Wildman–Crippen LogP) is 3.52. The maximum absolute atomic E-state index is 12.4. The third-order valence-electron chi connectivity index (χ3n) is 2.80. The summed E-state index contributed by atoms with van der Waals surface area (Å²) in [5.41, 5.74) is 5.76. The molecule has 0 atom stereocenters. The number of ether oxygens (including phenoxy) is 1. The molecule has 3 N–H and O–H groups in total. The summed E-state index contributed by atoms with van der Waals surface area (Å²) in [4.78, 5) is 6.23. The molecule has 0 aliphatic heterocycles. The first-order valence-corrected chi connectivity index (χ1v) is 7.05. The van der Waals surface area contributed by atoms with Gasteiger partial charge in [-0.25, -0.2) is 0 Å². The number of aliphatic imine (C=N–C) groups is 1. The van der Waals surface area contributed by atoms with Gasteiger partial charge in [0.05, 0.1) is 5.69 Å². The Kier molecular flexibility index (Phi) is 8.83. The van der Waals surface area contributed by atoms with Crippen molar-refractivity contribution in [3.8, 4) is 5.75 Å². The van der Waals surface area contributed by atoms with Gasteiger partial charge in [0.15, 0.2) is 11.7 Å². The molecule has 1 aromatic carbocycles. The molecular weight excluding hydrogens is 436 g/mol. The van der Waals surface area contributed by atoms with E-state index in [0.29, 0.717) is 6.54 Å². The van der Waals surface area contributed by atoms with Crippen LogP contribution < -0.4 is 15.8 Å². The van der Waals surface area contributed by atoms with E-state index in [1.165, 1.54) is 18.2 Å². The van der Waals surface area contributed by atoms with Crippen LogP contribution in [0.5, 0.6) is 5.75 Å². The molecule has 0 spiro atoms. The van der Waals surface area contributed by atoms with E-state index < -0.39 is 6.36 Å². The van der Waals surface area contributed by atoms with Gasteiger partial charge in [0.1, 0.15) is 0 Å². The lowest BCUT2D eigenvalue weighted by molar-refractivity contribution is -0.274. The van der Waals surface area contributed by atoms with E-state index in [4.69, 9.17) is 5.73 Å². The summed E-state index contributed by atoms with van der Waals surface area (Å²) in [6, 6.07) is 5.67. The number of nitrogens with zero attached hydrogens (tertiary/aromatic N) is 2. The van der Waals surface area contributed by atoms with Gasteiger partial charge in [-0.3, -0.25) is 4.99 Å². The Morgan fingerprint density at radius 2 is 1.83 bits per heavy atom. The Labute approximate surface area is 157 Å². The number of hydrogen-bond donors (Lipinski definition) is 2. The van der Waals surface area contributed by atoms with Crippen LogP contribution in [0.2, 0.25) is 0 Å². The summed E-state index contributed by atoms with van der Waals surface area (Å²) in [5, 5.41) is 2.65. The minimum absolute atomic E-state index is 0. The van der Waals surface area contributed by atoms with Gasteiger partial charge in [-0.05, 0) is 31.6 Å². The number of halogens is 4. The van der Waals surface area contributed by atoms with Crippen LogP contribution in [-0.2, 0) is 0 Å². The maximum Gasteiger partial charge on any atom is 0.573 e. The molecule has 5 nitrogen and oxygen atoms in total. The third kappa shape index (κ3) is 9.16. The number of guanidine groups is 1. The highest BCUT2D eigenvalue weighted by Gasteiger charge is 2.32. The fraction of sp³-hybridized carbons (Fsp3) is 0.533. The highest BCUT2D eigenvalue weighted by atomic mass is 127. The van der Waals surface area contributed by atoms with Crippen LogP contribution in [0.3, 0.4) is 0 Å². The molecule has 9 heteroatoms. The number of anilines is 1. The van der Waals surface area contributed by atoms with Gasteiger partial charge in [0.25, 0.3) is 0 Å². The van der Waals surface area contributed by atoms with Crippen molar-refractivity contribution in [3.05, 3.63) is 24.3 Å². The van der Waals surface area contributed by atoms with Gasteiger partial charge < -0.3 is 20.7 Å². The fourth-order valence-corrected chi connectivity index (χ4v) is 2.17. The topological polar surface area (TPSA) is 62.9 Å². The SMILES string of the molecule is CN(C)CC(C)(C)CN=C(N)Nc1ccccc1OC(F)(F)F.I. The zero-order chi connectivity index (χ0) is 17.7. The first-order valence-electron chi connectivity index (χ1n) is 7.05. The second-order valence-electron chi connectivity index (χ2n) is 6.27. The summed E-state index contributed by atoms with van der Waals surface area (Å²) >= 11 is 0. The van der Waals surface area contributed by atoms with Crippen molar-refractivity contribution < 1.29 is 17.9 Å². The lowest BCUT2D eigenvalue weighted by Crippen LogP contribution is -2.33. The molecule has 1 rings (SSSR count). The third-order valence-corrected chi connectivity index (χ3v) is 2.80. The molecule has 0 fully saturated rings. The normalized spacial score (nSPS) is 12.8. The van der Waals surface area contributed by atoms with Crippen molar-refractivity contribution in [3.63, 3.8) is 0 Å². The molecule has 0 unspecified atom stereocenters. The Balaban J connectivity index is 0.00000529. The molecule has 138 valence electrons. The van der Waals surface area contributed by atoms with Gasteiger partial charge in [-0.15, -0.1) is 37.1 Å². The van der Waals surface area contributed by atoms with Crippen LogP contribution in [0.4, 0.5) is 18.9 Å². The van der Waals surface area contributed by atoms with E-state index >= 15 is 0 Å². The van der Waals surface area contributed by atoms with Gasteiger partial charge in [-0.2, -0.15) is 0 Å². The number of nitrogens with two attached hydrogens (primary N) is 1. The number of benzene rings is 1. The monoisotopic (exact) mass is 460 g/mol. The molecule has 0 aliphatic carbocycles. The summed E-state index contributed by atoms with van der Waals surface area (Å²) in [6.45, 7) is 5.30. The highest BCUT2D eigenvalue weighted by molar-refractivity contribution is 14.0. The molecule has 0 heterocycles. The van der Waals surface area contributed by atoms with Gasteiger partial charge in [0.2, 0.25) is 0 Å². The smallest absolute Gasteiger partial charge is 0.404 e. The lowest BCUT2D eigenvalue weighted by Gasteiger charge is -2.26. The number of alkyl halides is 3. The second-order valence-corrected chi connectivity index (χ2v) is 6.27. The molecule has 0 amide bonds. The zero-order valence-electron chi connectivity index (χ0n) is 14.1. The number of para-hydroxylation sites is 2. The van der Waals surface area contributed by atoms with E-state index in [9.17, 15) is 13.2 Å². The van der Waals surface area contributed by atoms with Crippen molar-refractivity contribution in [2.75, 3.05) is 32.5 Å². The van der Waals surface area contributed by atoms with Crippen LogP contribution in [-0.4, -0.2) is 44.4 Å². The van der Waals surface area contributed by atoms with E-state index in [1.54, 1.807) is 6.07 Å². The number of hydrogen-bond acceptors (Lipinski definition) is 3. The molecule has 0 aromatic heterocycles. The van der Waals surface area contributed by atoms with Gasteiger partial charge >= 0.3 is 6.36 Å². The number of nitrogens with one attached hydrogen (secondary N) is 1. The fourth-order valence-electron chi connectivity index (χ4n) is 2.17. The van der Waals surface area contributed by atoms with Crippen LogP contribution in [0.1, 0.15) is 13.8 Å². The molecule has 24 heavy (non-hydrogen) atoms. The predicted molar refractivity (Wildman–Crippen MR) is 101 cm³/mol. The van der Waals surface area contributed by atoms with Gasteiger partial charge in [0, 0.05) is 13.1 Å². The summed E-state index contributed by atoms with van der Waals surface area (Å²) in [7, 11) is 3.91. The van der Waals surface area contributed by atoms with Crippen molar-refractivity contribution in [2.24, 2.45) is 16.1 Å². The standard InChI is InChI=1S/C15H23F3N4O.HI/c1-14(2,10-22(3)4)9-20-13(19)21-11-7-5-6-8-12(11)23-15(16,17)18;/h5-8H,9-10H2,1-4H3,(H3,19,20,21);1H. The van der Waals surface area contributed by atoms with Crippen molar-refractivity contribution >= 4 is 35.6 Å². The lowest BCUT2D eigenvalue weighted by atomic mass is 9.93. The summed E-state index contributed by atoms with van der Waals surface area (Å²) in [5.74, 6) is -0.319. The largest absolute Gasteiger partial charge is 0.573 e. The molecule has 0 saturated carbocycles. The molecule has 1 aromatic rings. The van der Waals surface area contributed by atoms with Crippen LogP contribution in [0.25, 0.3) is 0 Å².